The van der Waals surface area contributed by atoms with Crippen LogP contribution in [0, 0.1) is 5.82 Å². The molecule has 9 heteroatoms. The number of anilines is 1. The molecule has 6 nitrogen and oxygen atoms in total. The Bertz CT molecular complexity index is 881. The molecule has 130 valence electrons. The van der Waals surface area contributed by atoms with Gasteiger partial charge in [0, 0.05) is 23.3 Å². The lowest BCUT2D eigenvalue weighted by atomic mass is 10.3. The molecule has 1 N–H and O–H groups in total. The van der Waals surface area contributed by atoms with Gasteiger partial charge in [-0.05, 0) is 30.3 Å². The van der Waals surface area contributed by atoms with Crippen molar-refractivity contribution in [1.29, 1.82) is 0 Å². The van der Waals surface area contributed by atoms with Crippen LogP contribution in [0.15, 0.2) is 52.4 Å². The predicted molar refractivity (Wildman–Crippen MR) is 98.1 cm³/mol. The number of rotatable bonds is 6. The summed E-state index contributed by atoms with van der Waals surface area (Å²) < 4.78 is 18.1. The van der Waals surface area contributed by atoms with Crippen molar-refractivity contribution in [2.45, 2.75) is 18.5 Å². The molecule has 0 unspecified atom stereocenters. The summed E-state index contributed by atoms with van der Waals surface area (Å²) in [7, 11) is 0. The number of aryl methyl sites for hydroxylation is 1. The fraction of sp³-hybridized carbons (Fsp3) is 0.188. The van der Waals surface area contributed by atoms with Gasteiger partial charge >= 0.3 is 0 Å². The maximum absolute atomic E-state index is 13.8. The third-order valence-electron chi connectivity index (χ3n) is 3.35. The summed E-state index contributed by atoms with van der Waals surface area (Å²) in [4.78, 5) is 12.1. The molecule has 25 heavy (non-hydrogen) atoms. The Kier molecular flexibility index (Phi) is 5.54. The first-order valence-corrected chi connectivity index (χ1v) is 9.32. The maximum atomic E-state index is 13.8. The summed E-state index contributed by atoms with van der Waals surface area (Å²) in [6.45, 7) is 1.99. The molecule has 0 radical (unpaired) electrons. The minimum absolute atomic E-state index is 0.0959. The number of hydrogen-bond acceptors (Lipinski definition) is 4. The molecule has 0 saturated heterocycles. The number of carbonyl (C=O) groups is 1. The fourth-order valence-corrected chi connectivity index (χ4v) is 3.29. The van der Waals surface area contributed by atoms with Gasteiger partial charge in [-0.3, -0.25) is 9.47 Å². The average Bonchev–Trinajstić information content (AvgIpc) is 3.24. The van der Waals surface area contributed by atoms with Crippen molar-refractivity contribution in [1.82, 2.24) is 19.5 Å². The molecule has 0 fully saturated rings. The zero-order valence-electron chi connectivity index (χ0n) is 13.3. The Labute approximate surface area is 156 Å². The molecule has 1 amide bonds. The number of amides is 1. The van der Waals surface area contributed by atoms with E-state index in [0.717, 1.165) is 5.82 Å². The number of thioether (sulfide) groups is 1. The lowest BCUT2D eigenvalue weighted by Crippen LogP contribution is -2.17. The van der Waals surface area contributed by atoms with Crippen LogP contribution < -0.4 is 5.32 Å². The van der Waals surface area contributed by atoms with Crippen molar-refractivity contribution in [3.05, 3.63) is 58.8 Å². The van der Waals surface area contributed by atoms with Crippen molar-refractivity contribution in [2.75, 3.05) is 11.1 Å². The summed E-state index contributed by atoms with van der Waals surface area (Å²) in [5.41, 5.74) is 0.148. The fourth-order valence-electron chi connectivity index (χ4n) is 2.20. The zero-order chi connectivity index (χ0) is 17.8. The number of hydrogen-bond donors (Lipinski definition) is 1. The minimum Gasteiger partial charge on any atom is -0.323 e. The van der Waals surface area contributed by atoms with Crippen molar-refractivity contribution < 1.29 is 9.18 Å². The predicted octanol–water partition coefficient (Wildman–Crippen LogP) is 3.59. The first kappa shape index (κ1) is 17.7. The summed E-state index contributed by atoms with van der Waals surface area (Å²) >= 11 is 4.43. The van der Waals surface area contributed by atoms with Crippen LogP contribution in [-0.4, -0.2) is 31.2 Å². The first-order valence-electron chi connectivity index (χ1n) is 7.54. The number of carbonyl (C=O) groups excluding carboxylic acids is 1. The number of halogens is 2. The van der Waals surface area contributed by atoms with Crippen LogP contribution in [0.4, 0.5) is 10.1 Å². The third-order valence-corrected chi connectivity index (χ3v) is 4.76. The molecule has 0 aliphatic carbocycles. The molecule has 2 aromatic heterocycles. The molecule has 3 aromatic rings. The summed E-state index contributed by atoms with van der Waals surface area (Å²) in [5.74, 6) is 0.0828. The molecular formula is C16H15BrFN5OS. The van der Waals surface area contributed by atoms with Crippen LogP contribution in [0.3, 0.4) is 0 Å². The molecular weight excluding hydrogens is 409 g/mol. The largest absolute Gasteiger partial charge is 0.323 e. The number of aromatic nitrogens is 4. The second-order valence-corrected chi connectivity index (χ2v) is 6.95. The van der Waals surface area contributed by atoms with Crippen LogP contribution in [0.5, 0.6) is 0 Å². The van der Waals surface area contributed by atoms with E-state index in [9.17, 15) is 9.18 Å². The SMILES string of the molecule is CCc1nnc(SCC(=O)Nc2ccc(Br)cc2F)n1-n1cccc1. The Hall–Kier alpha value is -2.13. The Morgan fingerprint density at radius 3 is 2.76 bits per heavy atom. The van der Waals surface area contributed by atoms with E-state index in [-0.39, 0.29) is 17.3 Å². The zero-order valence-corrected chi connectivity index (χ0v) is 15.7. The average molecular weight is 424 g/mol. The monoisotopic (exact) mass is 423 g/mol. The topological polar surface area (TPSA) is 64.7 Å². The molecule has 0 aliphatic rings. The molecule has 0 aliphatic heterocycles. The van der Waals surface area contributed by atoms with Gasteiger partial charge in [0.05, 0.1) is 11.4 Å². The quantitative estimate of drug-likeness (QED) is 0.615. The number of nitrogens with one attached hydrogen (secondary N) is 1. The molecule has 1 aromatic carbocycles. The highest BCUT2D eigenvalue weighted by Crippen LogP contribution is 2.21. The Morgan fingerprint density at radius 2 is 2.08 bits per heavy atom. The van der Waals surface area contributed by atoms with Crippen molar-refractivity contribution in [3.63, 3.8) is 0 Å². The standard InChI is InChI=1S/C16H15BrFN5OS/c1-2-14-20-21-16(23(14)22-7-3-4-8-22)25-10-15(24)19-13-6-5-11(17)9-12(13)18/h3-9H,2,10H2,1H3,(H,19,24). The van der Waals surface area contributed by atoms with Crippen LogP contribution in [0.1, 0.15) is 12.7 Å². The second-order valence-electron chi connectivity index (χ2n) is 5.09. The van der Waals surface area contributed by atoms with E-state index in [2.05, 4.69) is 31.4 Å². The van der Waals surface area contributed by atoms with Crippen LogP contribution in [0.2, 0.25) is 0 Å². The first-order chi connectivity index (χ1) is 12.1. The lowest BCUT2D eigenvalue weighted by molar-refractivity contribution is -0.113. The van der Waals surface area contributed by atoms with Crippen LogP contribution in [0.25, 0.3) is 0 Å². The van der Waals surface area contributed by atoms with Gasteiger partial charge in [-0.1, -0.05) is 34.6 Å². The van der Waals surface area contributed by atoms with Gasteiger partial charge in [-0.25, -0.2) is 9.07 Å². The van der Waals surface area contributed by atoms with E-state index in [4.69, 9.17) is 0 Å². The van der Waals surface area contributed by atoms with Gasteiger partial charge in [0.2, 0.25) is 11.1 Å². The summed E-state index contributed by atoms with van der Waals surface area (Å²) in [6.07, 6.45) is 4.47. The normalized spacial score (nSPS) is 10.8. The van der Waals surface area contributed by atoms with Crippen molar-refractivity contribution >= 4 is 39.3 Å². The molecule has 0 spiro atoms. The molecule has 3 rings (SSSR count). The van der Waals surface area contributed by atoms with E-state index < -0.39 is 5.82 Å². The van der Waals surface area contributed by atoms with Crippen molar-refractivity contribution in [2.24, 2.45) is 0 Å². The molecule has 2 heterocycles. The summed E-state index contributed by atoms with van der Waals surface area (Å²) in [6, 6.07) is 8.29. The van der Waals surface area contributed by atoms with Crippen LogP contribution in [-0.2, 0) is 11.2 Å². The number of benzene rings is 1. The van der Waals surface area contributed by atoms with Crippen molar-refractivity contribution in [3.8, 4) is 0 Å². The summed E-state index contributed by atoms with van der Waals surface area (Å²) in [5, 5.41) is 11.5. The van der Waals surface area contributed by atoms with E-state index >= 15 is 0 Å². The molecule has 0 atom stereocenters. The number of nitrogens with zero attached hydrogens (tertiary/aromatic N) is 4. The minimum atomic E-state index is -0.489. The molecule has 0 bridgehead atoms. The smallest absolute Gasteiger partial charge is 0.234 e. The van der Waals surface area contributed by atoms with Gasteiger partial charge in [-0.2, -0.15) is 0 Å². The third kappa shape index (κ3) is 4.10. The second kappa shape index (κ2) is 7.83. The van der Waals surface area contributed by atoms with Crippen LogP contribution >= 0.6 is 27.7 Å². The van der Waals surface area contributed by atoms with Gasteiger partial charge in [0.15, 0.2) is 5.82 Å². The van der Waals surface area contributed by atoms with E-state index in [1.807, 2.05) is 40.8 Å². The van der Waals surface area contributed by atoms with Gasteiger partial charge in [0.25, 0.3) is 0 Å². The highest BCUT2D eigenvalue weighted by Gasteiger charge is 2.15. The Morgan fingerprint density at radius 1 is 1.32 bits per heavy atom. The van der Waals surface area contributed by atoms with E-state index in [1.54, 1.807) is 6.07 Å². The van der Waals surface area contributed by atoms with E-state index in [1.165, 1.54) is 23.9 Å². The highest BCUT2D eigenvalue weighted by atomic mass is 79.9. The highest BCUT2D eigenvalue weighted by molar-refractivity contribution is 9.10. The van der Waals surface area contributed by atoms with Gasteiger partial charge in [-0.15, -0.1) is 10.2 Å². The van der Waals surface area contributed by atoms with Gasteiger partial charge < -0.3 is 5.32 Å². The Balaban J connectivity index is 1.69. The maximum Gasteiger partial charge on any atom is 0.234 e. The molecule has 0 saturated carbocycles. The lowest BCUT2D eigenvalue weighted by Gasteiger charge is -2.10. The van der Waals surface area contributed by atoms with Gasteiger partial charge in [0.1, 0.15) is 5.82 Å². The van der Waals surface area contributed by atoms with E-state index in [0.29, 0.717) is 16.0 Å².